The van der Waals surface area contributed by atoms with Gasteiger partial charge in [0.05, 0.1) is 5.92 Å². The van der Waals surface area contributed by atoms with E-state index in [4.69, 9.17) is 16.7 Å². The van der Waals surface area contributed by atoms with E-state index in [9.17, 15) is 9.59 Å². The Morgan fingerprint density at radius 1 is 1.33 bits per heavy atom. The monoisotopic (exact) mass is 307 g/mol. The predicted octanol–water partition coefficient (Wildman–Crippen LogP) is 2.77. The van der Waals surface area contributed by atoms with Crippen molar-refractivity contribution in [1.82, 2.24) is 4.90 Å². The van der Waals surface area contributed by atoms with Gasteiger partial charge in [-0.1, -0.05) is 23.7 Å². The van der Waals surface area contributed by atoms with Crippen molar-refractivity contribution in [3.63, 3.8) is 0 Å². The molecular formula is C16H18ClNO3. The molecule has 0 spiro atoms. The van der Waals surface area contributed by atoms with Crippen LogP contribution < -0.4 is 0 Å². The molecule has 3 atom stereocenters. The standard InChI is InChI=1S/C16H18ClNO3/c17-12-5-1-3-10(7-12)13-8-14(13)15(19)18-6-2-4-11(9-18)16(20)21/h1,3,5,7,11,13-14H,2,4,6,8-9H2,(H,20,21)/t11-,13-,14+/m1/s1. The molecule has 1 aliphatic carbocycles. The molecule has 1 aromatic rings. The summed E-state index contributed by atoms with van der Waals surface area (Å²) in [7, 11) is 0. The van der Waals surface area contributed by atoms with Crippen LogP contribution in [0.4, 0.5) is 0 Å². The van der Waals surface area contributed by atoms with Gasteiger partial charge in [-0.3, -0.25) is 9.59 Å². The maximum absolute atomic E-state index is 12.5. The Hall–Kier alpha value is -1.55. The SMILES string of the molecule is O=C(O)[C@@H]1CCCN(C(=O)[C@H]2C[C@@H]2c2cccc(Cl)c2)C1. The molecule has 1 saturated heterocycles. The van der Waals surface area contributed by atoms with Gasteiger partial charge in [-0.05, 0) is 42.9 Å². The zero-order valence-corrected chi connectivity index (χ0v) is 12.4. The molecule has 21 heavy (non-hydrogen) atoms. The highest BCUT2D eigenvalue weighted by Crippen LogP contribution is 2.49. The lowest BCUT2D eigenvalue weighted by Gasteiger charge is -2.31. The lowest BCUT2D eigenvalue weighted by molar-refractivity contribution is -0.146. The molecule has 112 valence electrons. The van der Waals surface area contributed by atoms with Gasteiger partial charge in [0.1, 0.15) is 0 Å². The second-order valence-corrected chi connectivity index (χ2v) is 6.40. The Morgan fingerprint density at radius 2 is 2.14 bits per heavy atom. The average Bonchev–Trinajstić information content (AvgIpc) is 3.27. The highest BCUT2D eigenvalue weighted by molar-refractivity contribution is 6.30. The summed E-state index contributed by atoms with van der Waals surface area (Å²) in [5, 5.41) is 9.79. The number of carboxylic acids is 1. The summed E-state index contributed by atoms with van der Waals surface area (Å²) >= 11 is 5.99. The molecule has 0 radical (unpaired) electrons. The highest BCUT2D eigenvalue weighted by atomic mass is 35.5. The number of halogens is 1. The van der Waals surface area contributed by atoms with E-state index in [1.807, 2.05) is 24.3 Å². The van der Waals surface area contributed by atoms with Crippen molar-refractivity contribution in [2.75, 3.05) is 13.1 Å². The Labute approximate surface area is 128 Å². The van der Waals surface area contributed by atoms with Crippen molar-refractivity contribution in [1.29, 1.82) is 0 Å². The number of carboxylic acid groups (broad SMARTS) is 1. The molecular weight excluding hydrogens is 290 g/mol. The number of rotatable bonds is 3. The summed E-state index contributed by atoms with van der Waals surface area (Å²) < 4.78 is 0. The number of aliphatic carboxylic acids is 1. The molecule has 0 unspecified atom stereocenters. The van der Waals surface area contributed by atoms with Crippen molar-refractivity contribution in [2.24, 2.45) is 11.8 Å². The normalized spacial score (nSPS) is 28.2. The topological polar surface area (TPSA) is 57.6 Å². The molecule has 0 bridgehead atoms. The van der Waals surface area contributed by atoms with E-state index in [2.05, 4.69) is 0 Å². The van der Waals surface area contributed by atoms with Crippen molar-refractivity contribution in [2.45, 2.75) is 25.2 Å². The van der Waals surface area contributed by atoms with Crippen LogP contribution in [-0.4, -0.2) is 35.0 Å². The van der Waals surface area contributed by atoms with Crippen LogP contribution in [0.15, 0.2) is 24.3 Å². The number of likely N-dealkylation sites (tertiary alicyclic amines) is 1. The second kappa shape index (κ2) is 5.68. The number of amides is 1. The Balaban J connectivity index is 1.63. The van der Waals surface area contributed by atoms with E-state index in [0.29, 0.717) is 24.5 Å². The molecule has 4 nitrogen and oxygen atoms in total. The Morgan fingerprint density at radius 3 is 2.86 bits per heavy atom. The third-order valence-electron chi connectivity index (χ3n) is 4.47. The van der Waals surface area contributed by atoms with Crippen LogP contribution in [0, 0.1) is 11.8 Å². The maximum Gasteiger partial charge on any atom is 0.308 e. The fourth-order valence-electron chi connectivity index (χ4n) is 3.19. The van der Waals surface area contributed by atoms with Crippen LogP contribution in [0.5, 0.6) is 0 Å². The first-order chi connectivity index (χ1) is 10.1. The van der Waals surface area contributed by atoms with Gasteiger partial charge in [-0.15, -0.1) is 0 Å². The molecule has 1 N–H and O–H groups in total. The van der Waals surface area contributed by atoms with Crippen LogP contribution in [0.3, 0.4) is 0 Å². The first-order valence-electron chi connectivity index (χ1n) is 7.33. The number of carbonyl (C=O) groups is 2. The fraction of sp³-hybridized carbons (Fsp3) is 0.500. The van der Waals surface area contributed by atoms with Crippen molar-refractivity contribution < 1.29 is 14.7 Å². The van der Waals surface area contributed by atoms with Crippen LogP contribution in [-0.2, 0) is 9.59 Å². The zero-order valence-electron chi connectivity index (χ0n) is 11.7. The van der Waals surface area contributed by atoms with Crippen LogP contribution in [0.1, 0.15) is 30.7 Å². The first-order valence-corrected chi connectivity index (χ1v) is 7.71. The molecule has 1 aromatic carbocycles. The average molecular weight is 308 g/mol. The number of piperidine rings is 1. The fourth-order valence-corrected chi connectivity index (χ4v) is 3.39. The summed E-state index contributed by atoms with van der Waals surface area (Å²) in [5.41, 5.74) is 1.10. The lowest BCUT2D eigenvalue weighted by atomic mass is 9.97. The minimum absolute atomic E-state index is 0.00369. The van der Waals surface area contributed by atoms with Gasteiger partial charge < -0.3 is 10.0 Å². The molecule has 1 heterocycles. The van der Waals surface area contributed by atoms with Gasteiger partial charge in [0.2, 0.25) is 5.91 Å². The van der Waals surface area contributed by atoms with Crippen LogP contribution in [0.25, 0.3) is 0 Å². The van der Waals surface area contributed by atoms with E-state index >= 15 is 0 Å². The van der Waals surface area contributed by atoms with E-state index in [1.54, 1.807) is 4.90 Å². The van der Waals surface area contributed by atoms with Gasteiger partial charge in [0, 0.05) is 24.0 Å². The van der Waals surface area contributed by atoms with E-state index in [-0.39, 0.29) is 17.7 Å². The summed E-state index contributed by atoms with van der Waals surface area (Å²) in [4.78, 5) is 25.3. The van der Waals surface area contributed by atoms with Gasteiger partial charge in [-0.2, -0.15) is 0 Å². The second-order valence-electron chi connectivity index (χ2n) is 5.97. The van der Waals surface area contributed by atoms with E-state index in [1.165, 1.54) is 0 Å². The summed E-state index contributed by atoms with van der Waals surface area (Å²) in [6, 6.07) is 7.64. The van der Waals surface area contributed by atoms with Crippen molar-refractivity contribution in [3.8, 4) is 0 Å². The van der Waals surface area contributed by atoms with Gasteiger partial charge in [0.25, 0.3) is 0 Å². The number of benzene rings is 1. The molecule has 1 saturated carbocycles. The lowest BCUT2D eigenvalue weighted by Crippen LogP contribution is -2.43. The third-order valence-corrected chi connectivity index (χ3v) is 4.70. The van der Waals surface area contributed by atoms with Gasteiger partial charge >= 0.3 is 5.97 Å². The van der Waals surface area contributed by atoms with Crippen molar-refractivity contribution in [3.05, 3.63) is 34.9 Å². The Kier molecular flexibility index (Phi) is 3.89. The van der Waals surface area contributed by atoms with Gasteiger partial charge in [0.15, 0.2) is 0 Å². The van der Waals surface area contributed by atoms with Crippen molar-refractivity contribution >= 4 is 23.5 Å². The van der Waals surface area contributed by atoms with Gasteiger partial charge in [-0.25, -0.2) is 0 Å². The quantitative estimate of drug-likeness (QED) is 0.934. The smallest absolute Gasteiger partial charge is 0.308 e. The highest BCUT2D eigenvalue weighted by Gasteiger charge is 2.46. The minimum atomic E-state index is -0.797. The van der Waals surface area contributed by atoms with Crippen LogP contribution >= 0.6 is 11.6 Å². The largest absolute Gasteiger partial charge is 0.481 e. The number of hydrogen-bond acceptors (Lipinski definition) is 2. The predicted molar refractivity (Wildman–Crippen MR) is 79.2 cm³/mol. The third kappa shape index (κ3) is 3.05. The molecule has 5 heteroatoms. The number of nitrogens with zero attached hydrogens (tertiary/aromatic N) is 1. The first kappa shape index (κ1) is 14.4. The summed E-state index contributed by atoms with van der Waals surface area (Å²) in [6.45, 7) is 1.04. The molecule has 2 fully saturated rings. The summed E-state index contributed by atoms with van der Waals surface area (Å²) in [5.74, 6) is -0.871. The number of carbonyl (C=O) groups excluding carboxylic acids is 1. The minimum Gasteiger partial charge on any atom is -0.481 e. The molecule has 1 amide bonds. The summed E-state index contributed by atoms with van der Waals surface area (Å²) in [6.07, 6.45) is 2.28. The molecule has 2 aliphatic rings. The van der Waals surface area contributed by atoms with E-state index in [0.717, 1.165) is 18.4 Å². The maximum atomic E-state index is 12.5. The van der Waals surface area contributed by atoms with Crippen LogP contribution in [0.2, 0.25) is 5.02 Å². The number of hydrogen-bond donors (Lipinski definition) is 1. The zero-order chi connectivity index (χ0) is 15.0. The molecule has 0 aromatic heterocycles. The molecule has 3 rings (SSSR count). The Bertz CT molecular complexity index is 574. The van der Waals surface area contributed by atoms with E-state index < -0.39 is 11.9 Å². The molecule has 1 aliphatic heterocycles.